The number of nitrogens with zero attached hydrogens (tertiary/aromatic N) is 1. The van der Waals surface area contributed by atoms with E-state index in [-0.39, 0.29) is 18.6 Å². The lowest BCUT2D eigenvalue weighted by molar-refractivity contribution is -0.155. The summed E-state index contributed by atoms with van der Waals surface area (Å²) in [5.41, 5.74) is -0.0931. The topological polar surface area (TPSA) is 67.9 Å². The van der Waals surface area contributed by atoms with E-state index < -0.39 is 5.54 Å². The summed E-state index contributed by atoms with van der Waals surface area (Å²) < 4.78 is 10.6. The number of hydrogen-bond donors (Lipinski definition) is 1. The third-order valence-electron chi connectivity index (χ3n) is 5.00. The standard InChI is InChI=1S/C17H20N2O4/c1-17(6-7-19(17)15(20)8-11-2-3-11)16(21)18-12-4-5-13-14(9-12)23-10-22-13/h4-5,9,11H,2-3,6-8,10H2,1H3,(H,18,21). The Morgan fingerprint density at radius 2 is 2.09 bits per heavy atom. The van der Waals surface area contributed by atoms with Crippen LogP contribution in [0.1, 0.15) is 32.6 Å². The SMILES string of the molecule is CC1(C(=O)Nc2ccc3c(c2)OCO3)CCN1C(=O)CC1CC1. The van der Waals surface area contributed by atoms with Crippen LogP contribution in [0, 0.1) is 5.92 Å². The molecule has 0 bridgehead atoms. The molecule has 1 atom stereocenters. The zero-order valence-corrected chi connectivity index (χ0v) is 13.1. The first kappa shape index (κ1) is 14.4. The smallest absolute Gasteiger partial charge is 0.250 e. The molecule has 3 aliphatic rings. The largest absolute Gasteiger partial charge is 0.454 e. The average molecular weight is 316 g/mol. The van der Waals surface area contributed by atoms with E-state index in [0.717, 1.165) is 12.8 Å². The lowest BCUT2D eigenvalue weighted by atomic mass is 9.85. The summed E-state index contributed by atoms with van der Waals surface area (Å²) in [6.07, 6.45) is 3.55. The highest BCUT2D eigenvalue weighted by atomic mass is 16.7. The fraction of sp³-hybridized carbons (Fsp3) is 0.529. The molecule has 6 heteroatoms. The molecule has 2 heterocycles. The second kappa shape index (κ2) is 5.15. The first-order chi connectivity index (χ1) is 11.1. The van der Waals surface area contributed by atoms with Crippen molar-refractivity contribution < 1.29 is 19.1 Å². The van der Waals surface area contributed by atoms with E-state index in [2.05, 4.69) is 5.32 Å². The minimum atomic E-state index is -0.748. The van der Waals surface area contributed by atoms with Gasteiger partial charge < -0.3 is 19.7 Å². The fourth-order valence-electron chi connectivity index (χ4n) is 3.11. The lowest BCUT2D eigenvalue weighted by Gasteiger charge is -2.49. The van der Waals surface area contributed by atoms with Crippen LogP contribution in [0.2, 0.25) is 0 Å². The molecule has 6 nitrogen and oxygen atoms in total. The second-order valence-electron chi connectivity index (χ2n) is 6.74. The molecule has 1 N–H and O–H groups in total. The van der Waals surface area contributed by atoms with Crippen molar-refractivity contribution in [1.29, 1.82) is 0 Å². The summed E-state index contributed by atoms with van der Waals surface area (Å²) in [6, 6.07) is 5.31. The monoisotopic (exact) mass is 316 g/mol. The number of carbonyl (C=O) groups is 2. The Bertz CT molecular complexity index is 671. The number of amides is 2. The molecular formula is C17H20N2O4. The minimum absolute atomic E-state index is 0.0992. The zero-order chi connectivity index (χ0) is 16.0. The molecule has 23 heavy (non-hydrogen) atoms. The minimum Gasteiger partial charge on any atom is -0.454 e. The van der Waals surface area contributed by atoms with Crippen molar-refractivity contribution in [2.24, 2.45) is 5.92 Å². The summed E-state index contributed by atoms with van der Waals surface area (Å²) in [5.74, 6) is 1.79. The summed E-state index contributed by atoms with van der Waals surface area (Å²) >= 11 is 0. The summed E-state index contributed by atoms with van der Waals surface area (Å²) in [6.45, 7) is 2.70. The zero-order valence-electron chi connectivity index (χ0n) is 13.1. The van der Waals surface area contributed by atoms with Crippen molar-refractivity contribution >= 4 is 17.5 Å². The van der Waals surface area contributed by atoms with Crippen molar-refractivity contribution in [1.82, 2.24) is 4.90 Å². The van der Waals surface area contributed by atoms with Gasteiger partial charge >= 0.3 is 0 Å². The molecule has 0 spiro atoms. The normalized spacial score (nSPS) is 25.0. The van der Waals surface area contributed by atoms with Crippen molar-refractivity contribution in [3.05, 3.63) is 18.2 Å². The third-order valence-corrected chi connectivity index (χ3v) is 5.00. The maximum atomic E-state index is 12.7. The van der Waals surface area contributed by atoms with Crippen LogP contribution in [-0.2, 0) is 9.59 Å². The molecule has 1 saturated carbocycles. The van der Waals surface area contributed by atoms with E-state index in [1.807, 2.05) is 6.92 Å². The quantitative estimate of drug-likeness (QED) is 0.924. The van der Waals surface area contributed by atoms with Crippen molar-refractivity contribution in [3.8, 4) is 11.5 Å². The summed E-state index contributed by atoms with van der Waals surface area (Å²) in [5, 5.41) is 2.90. The highest BCUT2D eigenvalue weighted by Crippen LogP contribution is 2.38. The number of hydrogen-bond acceptors (Lipinski definition) is 4. The first-order valence-corrected chi connectivity index (χ1v) is 8.08. The molecule has 0 radical (unpaired) electrons. The Morgan fingerprint density at radius 3 is 2.78 bits per heavy atom. The predicted octanol–water partition coefficient (Wildman–Crippen LogP) is 2.14. The van der Waals surface area contributed by atoms with Crippen molar-refractivity contribution in [2.45, 2.75) is 38.1 Å². The second-order valence-corrected chi connectivity index (χ2v) is 6.74. The van der Waals surface area contributed by atoms with Crippen LogP contribution in [0.5, 0.6) is 11.5 Å². The van der Waals surface area contributed by atoms with Crippen LogP contribution in [-0.4, -0.2) is 35.6 Å². The number of benzene rings is 1. The maximum Gasteiger partial charge on any atom is 0.250 e. The number of nitrogens with one attached hydrogen (secondary N) is 1. The highest BCUT2D eigenvalue weighted by molar-refractivity contribution is 6.01. The van der Waals surface area contributed by atoms with E-state index >= 15 is 0 Å². The summed E-state index contributed by atoms with van der Waals surface area (Å²) in [7, 11) is 0. The maximum absolute atomic E-state index is 12.7. The first-order valence-electron chi connectivity index (χ1n) is 8.08. The van der Waals surface area contributed by atoms with E-state index in [1.54, 1.807) is 23.1 Å². The number of anilines is 1. The predicted molar refractivity (Wildman–Crippen MR) is 83.3 cm³/mol. The molecular weight excluding hydrogens is 296 g/mol. The average Bonchev–Trinajstić information content (AvgIpc) is 3.19. The lowest BCUT2D eigenvalue weighted by Crippen LogP contribution is -2.66. The number of ether oxygens (including phenoxy) is 2. The van der Waals surface area contributed by atoms with Gasteiger partial charge in [-0.1, -0.05) is 0 Å². The summed E-state index contributed by atoms with van der Waals surface area (Å²) in [4.78, 5) is 26.7. The van der Waals surface area contributed by atoms with Gasteiger partial charge in [0.25, 0.3) is 0 Å². The van der Waals surface area contributed by atoms with Gasteiger partial charge in [-0.15, -0.1) is 0 Å². The van der Waals surface area contributed by atoms with Gasteiger partial charge in [0.1, 0.15) is 5.54 Å². The Hall–Kier alpha value is -2.24. The Kier molecular flexibility index (Phi) is 3.21. The van der Waals surface area contributed by atoms with Gasteiger partial charge in [-0.05, 0) is 44.2 Å². The Balaban J connectivity index is 1.44. The number of fused-ring (bicyclic) bond motifs is 1. The van der Waals surface area contributed by atoms with E-state index in [0.29, 0.717) is 42.5 Å². The number of likely N-dealkylation sites (tertiary alicyclic amines) is 1. The molecule has 1 aromatic carbocycles. The number of carbonyl (C=O) groups excluding carboxylic acids is 2. The van der Waals surface area contributed by atoms with Crippen LogP contribution in [0.15, 0.2) is 18.2 Å². The van der Waals surface area contributed by atoms with Gasteiger partial charge in [0.2, 0.25) is 18.6 Å². The molecule has 1 unspecified atom stereocenters. The van der Waals surface area contributed by atoms with Crippen molar-refractivity contribution in [3.63, 3.8) is 0 Å². The van der Waals surface area contributed by atoms with Gasteiger partial charge in [-0.25, -0.2) is 0 Å². The van der Waals surface area contributed by atoms with Gasteiger partial charge in [-0.2, -0.15) is 0 Å². The molecule has 2 aliphatic heterocycles. The Morgan fingerprint density at radius 1 is 1.30 bits per heavy atom. The van der Waals surface area contributed by atoms with Crippen LogP contribution in [0.3, 0.4) is 0 Å². The molecule has 2 amide bonds. The Labute approximate surface area is 134 Å². The molecule has 122 valence electrons. The van der Waals surface area contributed by atoms with Gasteiger partial charge in [0, 0.05) is 24.7 Å². The van der Waals surface area contributed by atoms with Gasteiger partial charge in [-0.3, -0.25) is 9.59 Å². The van der Waals surface area contributed by atoms with E-state index in [4.69, 9.17) is 9.47 Å². The highest BCUT2D eigenvalue weighted by Gasteiger charge is 2.49. The van der Waals surface area contributed by atoms with Gasteiger partial charge in [0.15, 0.2) is 11.5 Å². The molecule has 1 saturated heterocycles. The third kappa shape index (κ3) is 2.52. The van der Waals surface area contributed by atoms with E-state index in [9.17, 15) is 9.59 Å². The molecule has 1 aliphatic carbocycles. The van der Waals surface area contributed by atoms with Crippen LogP contribution >= 0.6 is 0 Å². The van der Waals surface area contributed by atoms with Crippen LogP contribution in [0.4, 0.5) is 5.69 Å². The molecule has 2 fully saturated rings. The van der Waals surface area contributed by atoms with Crippen LogP contribution in [0.25, 0.3) is 0 Å². The molecule has 1 aromatic rings. The van der Waals surface area contributed by atoms with Crippen LogP contribution < -0.4 is 14.8 Å². The molecule has 0 aromatic heterocycles. The fourth-order valence-corrected chi connectivity index (χ4v) is 3.11. The van der Waals surface area contributed by atoms with E-state index in [1.165, 1.54) is 0 Å². The van der Waals surface area contributed by atoms with Crippen molar-refractivity contribution in [2.75, 3.05) is 18.7 Å². The number of rotatable bonds is 4. The molecule has 4 rings (SSSR count). The van der Waals surface area contributed by atoms with Gasteiger partial charge in [0.05, 0.1) is 0 Å².